The molecule has 2 aliphatic rings. The molecule has 6 rings (SSSR count). The topological polar surface area (TPSA) is 89.7 Å². The number of aromatic amines is 1. The van der Waals surface area contributed by atoms with Crippen molar-refractivity contribution in [3.05, 3.63) is 46.8 Å². The third-order valence-electron chi connectivity index (χ3n) is 8.65. The molecule has 9 nitrogen and oxygen atoms in total. The summed E-state index contributed by atoms with van der Waals surface area (Å²) in [6.07, 6.45) is 9.06. The van der Waals surface area contributed by atoms with Gasteiger partial charge in [-0.1, -0.05) is 13.8 Å². The Labute approximate surface area is 222 Å². The molecule has 4 aromatic rings. The molecule has 0 amide bonds. The van der Waals surface area contributed by atoms with Gasteiger partial charge in [-0.3, -0.25) is 4.57 Å². The van der Waals surface area contributed by atoms with Crippen molar-refractivity contribution < 1.29 is 9.47 Å². The molecule has 1 aromatic carbocycles. The number of fused-ring (bicyclic) bond motifs is 2. The van der Waals surface area contributed by atoms with Crippen molar-refractivity contribution in [1.29, 1.82) is 0 Å². The maximum absolute atomic E-state index is 13.3. The zero-order valence-electron chi connectivity index (χ0n) is 22.8. The van der Waals surface area contributed by atoms with Gasteiger partial charge in [0, 0.05) is 37.5 Å². The quantitative estimate of drug-likeness (QED) is 0.384. The maximum atomic E-state index is 13.3. The highest BCUT2D eigenvalue weighted by atomic mass is 16.5. The van der Waals surface area contributed by atoms with Crippen LogP contribution in [0.25, 0.3) is 27.8 Å². The van der Waals surface area contributed by atoms with E-state index in [1.54, 1.807) is 18.7 Å². The molecule has 0 unspecified atom stereocenters. The summed E-state index contributed by atoms with van der Waals surface area (Å²) in [6, 6.07) is 7.18. The molecule has 2 fully saturated rings. The van der Waals surface area contributed by atoms with Crippen LogP contribution in [0.1, 0.15) is 63.5 Å². The van der Waals surface area contributed by atoms with E-state index in [9.17, 15) is 4.79 Å². The minimum absolute atomic E-state index is 0.0130. The predicted octanol–water partition coefficient (Wildman–Crippen LogP) is 4.62. The molecule has 9 heteroatoms. The largest absolute Gasteiger partial charge is 0.493 e. The molecule has 1 aliphatic carbocycles. The Morgan fingerprint density at radius 1 is 1.08 bits per heavy atom. The van der Waals surface area contributed by atoms with E-state index in [0.29, 0.717) is 23.4 Å². The first-order chi connectivity index (χ1) is 18.5. The first-order valence-corrected chi connectivity index (χ1v) is 13.9. The van der Waals surface area contributed by atoms with Crippen molar-refractivity contribution in [3.63, 3.8) is 0 Å². The van der Waals surface area contributed by atoms with Gasteiger partial charge < -0.3 is 19.4 Å². The molecule has 0 bridgehead atoms. The van der Waals surface area contributed by atoms with Gasteiger partial charge in [-0.2, -0.15) is 5.10 Å². The van der Waals surface area contributed by atoms with E-state index in [-0.39, 0.29) is 17.6 Å². The molecule has 3 aromatic heterocycles. The predicted molar refractivity (Wildman–Crippen MR) is 148 cm³/mol. The minimum atomic E-state index is -0.0130. The minimum Gasteiger partial charge on any atom is -0.493 e. The maximum Gasteiger partial charge on any atom is 0.326 e. The van der Waals surface area contributed by atoms with Crippen LogP contribution in [0.2, 0.25) is 0 Å². The van der Waals surface area contributed by atoms with Crippen LogP contribution < -0.4 is 10.4 Å². The summed E-state index contributed by atoms with van der Waals surface area (Å²) < 4.78 is 14.8. The number of H-pyrrole nitrogens is 1. The van der Waals surface area contributed by atoms with Crippen LogP contribution in [0.15, 0.2) is 35.5 Å². The summed E-state index contributed by atoms with van der Waals surface area (Å²) >= 11 is 0. The smallest absolute Gasteiger partial charge is 0.326 e. The molecule has 1 saturated heterocycles. The second kappa shape index (κ2) is 10.2. The Morgan fingerprint density at radius 2 is 1.87 bits per heavy atom. The van der Waals surface area contributed by atoms with Gasteiger partial charge in [0.1, 0.15) is 6.33 Å². The molecular weight excluding hydrogens is 480 g/mol. The van der Waals surface area contributed by atoms with Crippen LogP contribution in [0.5, 0.6) is 5.75 Å². The number of methoxy groups -OCH3 is 2. The number of hydrogen-bond acceptors (Lipinski definition) is 6. The molecule has 1 atom stereocenters. The number of rotatable bonds is 7. The van der Waals surface area contributed by atoms with Crippen molar-refractivity contribution in [2.75, 3.05) is 33.9 Å². The van der Waals surface area contributed by atoms with Gasteiger partial charge >= 0.3 is 5.69 Å². The van der Waals surface area contributed by atoms with Crippen LogP contribution in [0, 0.1) is 5.92 Å². The van der Waals surface area contributed by atoms with Crippen molar-refractivity contribution in [3.8, 4) is 16.9 Å². The van der Waals surface area contributed by atoms with E-state index >= 15 is 0 Å². The lowest BCUT2D eigenvalue weighted by molar-refractivity contribution is 0.132. The number of imidazole rings is 1. The number of nitrogens with zero attached hydrogens (tertiary/aromatic N) is 5. The first-order valence-electron chi connectivity index (χ1n) is 13.9. The highest BCUT2D eigenvalue weighted by Gasteiger charge is 2.32. The number of ether oxygens (including phenoxy) is 2. The second-order valence-corrected chi connectivity index (χ2v) is 11.3. The van der Waals surface area contributed by atoms with Gasteiger partial charge in [0.05, 0.1) is 24.8 Å². The number of aromatic nitrogens is 5. The number of hydrogen-bond donors (Lipinski definition) is 1. The van der Waals surface area contributed by atoms with Gasteiger partial charge in [0.25, 0.3) is 0 Å². The monoisotopic (exact) mass is 518 g/mol. The van der Waals surface area contributed by atoms with E-state index in [1.807, 2.05) is 16.8 Å². The lowest BCUT2D eigenvalue weighted by atomic mass is 9.89. The molecule has 1 N–H and O–H groups in total. The third kappa shape index (κ3) is 4.41. The van der Waals surface area contributed by atoms with E-state index in [4.69, 9.17) is 9.47 Å². The molecular formula is C29H38N6O3. The molecule has 202 valence electrons. The third-order valence-corrected chi connectivity index (χ3v) is 8.65. The van der Waals surface area contributed by atoms with Crippen LogP contribution in [-0.4, -0.2) is 69.0 Å². The summed E-state index contributed by atoms with van der Waals surface area (Å²) in [6.45, 7) is 7.56. The normalized spacial score (nSPS) is 22.7. The Kier molecular flexibility index (Phi) is 6.74. The second-order valence-electron chi connectivity index (χ2n) is 11.3. The van der Waals surface area contributed by atoms with Crippen molar-refractivity contribution in [1.82, 2.24) is 29.0 Å². The van der Waals surface area contributed by atoms with Crippen LogP contribution in [0.3, 0.4) is 0 Å². The van der Waals surface area contributed by atoms with Gasteiger partial charge in [-0.05, 0) is 79.8 Å². The van der Waals surface area contributed by atoms with E-state index in [2.05, 4.69) is 45.9 Å². The number of likely N-dealkylation sites (tertiary alicyclic amines) is 1. The summed E-state index contributed by atoms with van der Waals surface area (Å²) in [5.74, 6) is 1.60. The average Bonchev–Trinajstić information content (AvgIpc) is 3.65. The van der Waals surface area contributed by atoms with Crippen molar-refractivity contribution in [2.45, 2.75) is 64.0 Å². The van der Waals surface area contributed by atoms with Gasteiger partial charge in [-0.25, -0.2) is 14.3 Å². The van der Waals surface area contributed by atoms with E-state index in [0.717, 1.165) is 61.0 Å². The fourth-order valence-corrected chi connectivity index (χ4v) is 6.72. The Morgan fingerprint density at radius 3 is 2.61 bits per heavy atom. The van der Waals surface area contributed by atoms with Crippen LogP contribution in [-0.2, 0) is 4.74 Å². The zero-order chi connectivity index (χ0) is 26.4. The Balaban J connectivity index is 1.31. The molecule has 0 radical (unpaired) electrons. The molecule has 1 aliphatic heterocycles. The van der Waals surface area contributed by atoms with Crippen molar-refractivity contribution >= 4 is 16.7 Å². The molecule has 0 spiro atoms. The average molecular weight is 519 g/mol. The lowest BCUT2D eigenvalue weighted by Crippen LogP contribution is -2.38. The fourth-order valence-electron chi connectivity index (χ4n) is 6.72. The lowest BCUT2D eigenvalue weighted by Gasteiger charge is -2.35. The summed E-state index contributed by atoms with van der Waals surface area (Å²) in [7, 11) is 3.45. The van der Waals surface area contributed by atoms with Gasteiger partial charge in [-0.15, -0.1) is 0 Å². The summed E-state index contributed by atoms with van der Waals surface area (Å²) in [4.78, 5) is 23.4. The first kappa shape index (κ1) is 25.1. The molecule has 1 saturated carbocycles. The number of pyridine rings is 1. The fraction of sp³-hybridized carbons (Fsp3) is 0.552. The van der Waals surface area contributed by atoms with E-state index in [1.165, 1.54) is 24.9 Å². The SMILES string of the molecule is COC[C@@H]1CCN(C2CCC(n3c(=O)[nH]c4cc(-c5cc(OC)c6ncnn6c5)c(C(C)C)cc43)CC2)C1. The van der Waals surface area contributed by atoms with Crippen LogP contribution >= 0.6 is 0 Å². The molecule has 38 heavy (non-hydrogen) atoms. The van der Waals surface area contributed by atoms with Crippen molar-refractivity contribution in [2.24, 2.45) is 5.92 Å². The Bertz CT molecular complexity index is 1490. The highest BCUT2D eigenvalue weighted by Crippen LogP contribution is 2.38. The van der Waals surface area contributed by atoms with Gasteiger partial charge in [0.15, 0.2) is 11.4 Å². The van der Waals surface area contributed by atoms with Gasteiger partial charge in [0.2, 0.25) is 0 Å². The van der Waals surface area contributed by atoms with Crippen LogP contribution in [0.4, 0.5) is 0 Å². The highest BCUT2D eigenvalue weighted by molar-refractivity contribution is 5.85. The Hall–Kier alpha value is -3.17. The number of nitrogens with one attached hydrogen (secondary N) is 1. The summed E-state index contributed by atoms with van der Waals surface area (Å²) in [5.41, 5.74) is 5.79. The standard InChI is InChI=1S/C29H38N6O3/c1-18(2)23-13-26-25(12-24(23)20-11-27(38-4)28-30-17-31-34(28)15-20)32-29(36)35(26)22-7-5-21(6-8-22)33-10-9-19(14-33)16-37-3/h11-13,15,17-19,21-22H,5-10,14,16H2,1-4H3,(H,32,36)/t19-,21?,22?/m1/s1. The molecule has 4 heterocycles. The zero-order valence-corrected chi connectivity index (χ0v) is 22.8. The summed E-state index contributed by atoms with van der Waals surface area (Å²) in [5, 5.41) is 4.33. The number of benzene rings is 1. The van der Waals surface area contributed by atoms with E-state index < -0.39 is 0 Å².